The second-order valence-electron chi connectivity index (χ2n) is 7.89. The van der Waals surface area contributed by atoms with E-state index in [-0.39, 0.29) is 24.2 Å². The van der Waals surface area contributed by atoms with Gasteiger partial charge in [-0.3, -0.25) is 13.9 Å². The summed E-state index contributed by atoms with van der Waals surface area (Å²) in [5.74, 6) is -1.55. The van der Waals surface area contributed by atoms with Gasteiger partial charge in [0.2, 0.25) is 21.8 Å². The second-order valence-corrected chi connectivity index (χ2v) is 10.7. The number of benzene rings is 2. The van der Waals surface area contributed by atoms with E-state index in [0.29, 0.717) is 0 Å². The highest BCUT2D eigenvalue weighted by molar-refractivity contribution is 9.10. The molecule has 7 nitrogen and oxygen atoms in total. The first-order valence-electron chi connectivity index (χ1n) is 10.5. The summed E-state index contributed by atoms with van der Waals surface area (Å²) in [4.78, 5) is 27.5. The van der Waals surface area contributed by atoms with Crippen molar-refractivity contribution in [3.63, 3.8) is 0 Å². The quantitative estimate of drug-likeness (QED) is 0.497. The maximum Gasteiger partial charge on any atom is 0.244 e. The molecule has 2 atom stereocenters. The van der Waals surface area contributed by atoms with Crippen molar-refractivity contribution in [1.82, 2.24) is 10.2 Å². The molecule has 0 fully saturated rings. The molecule has 2 rings (SSSR count). The average Bonchev–Trinajstić information content (AvgIpc) is 2.74. The molecule has 0 bridgehead atoms. The third-order valence-electron chi connectivity index (χ3n) is 5.19. The van der Waals surface area contributed by atoms with E-state index < -0.39 is 34.3 Å². The summed E-state index contributed by atoms with van der Waals surface area (Å²) in [6, 6.07) is 11.3. The summed E-state index contributed by atoms with van der Waals surface area (Å²) in [6.07, 6.45) is 1.67. The van der Waals surface area contributed by atoms with Crippen LogP contribution in [0.2, 0.25) is 0 Å². The first kappa shape index (κ1) is 26.8. The van der Waals surface area contributed by atoms with Crippen molar-refractivity contribution in [2.45, 2.75) is 45.8 Å². The lowest BCUT2D eigenvalue weighted by atomic mass is 10.1. The molecule has 0 heterocycles. The van der Waals surface area contributed by atoms with E-state index in [9.17, 15) is 22.4 Å². The molecule has 10 heteroatoms. The highest BCUT2D eigenvalue weighted by Gasteiger charge is 2.30. The SMILES string of the molecule is CC[C@H](C)NC(=O)[C@H](C)N(Cc1cccc(Br)c1)C(=O)CN(c1cccc(F)c1)S(C)(=O)=O. The van der Waals surface area contributed by atoms with Crippen molar-refractivity contribution < 1.29 is 22.4 Å². The van der Waals surface area contributed by atoms with Crippen LogP contribution in [0.25, 0.3) is 0 Å². The molecule has 0 spiro atoms. The van der Waals surface area contributed by atoms with Gasteiger partial charge in [0.15, 0.2) is 0 Å². The largest absolute Gasteiger partial charge is 0.352 e. The van der Waals surface area contributed by atoms with E-state index in [0.717, 1.165) is 33.1 Å². The molecule has 33 heavy (non-hydrogen) atoms. The lowest BCUT2D eigenvalue weighted by Gasteiger charge is -2.32. The highest BCUT2D eigenvalue weighted by atomic mass is 79.9. The summed E-state index contributed by atoms with van der Waals surface area (Å²) < 4.78 is 40.3. The van der Waals surface area contributed by atoms with Crippen LogP contribution in [0.3, 0.4) is 0 Å². The van der Waals surface area contributed by atoms with Crippen molar-refractivity contribution in [3.8, 4) is 0 Å². The number of amides is 2. The highest BCUT2D eigenvalue weighted by Crippen LogP contribution is 2.20. The van der Waals surface area contributed by atoms with Gasteiger partial charge in [-0.1, -0.05) is 41.1 Å². The molecular formula is C23H29BrFN3O4S. The van der Waals surface area contributed by atoms with Gasteiger partial charge < -0.3 is 10.2 Å². The molecule has 0 saturated heterocycles. The fraction of sp³-hybridized carbons (Fsp3) is 0.391. The van der Waals surface area contributed by atoms with Crippen LogP contribution in [0.1, 0.15) is 32.8 Å². The zero-order valence-electron chi connectivity index (χ0n) is 19.1. The fourth-order valence-corrected chi connectivity index (χ4v) is 4.41. The number of rotatable bonds is 10. The van der Waals surface area contributed by atoms with Gasteiger partial charge in [0, 0.05) is 17.1 Å². The summed E-state index contributed by atoms with van der Waals surface area (Å²) in [5.41, 5.74) is 0.794. The van der Waals surface area contributed by atoms with Crippen molar-refractivity contribution in [1.29, 1.82) is 0 Å². The zero-order chi connectivity index (χ0) is 24.8. The smallest absolute Gasteiger partial charge is 0.244 e. The Morgan fingerprint density at radius 2 is 1.79 bits per heavy atom. The zero-order valence-corrected chi connectivity index (χ0v) is 21.5. The van der Waals surface area contributed by atoms with Gasteiger partial charge in [-0.2, -0.15) is 0 Å². The van der Waals surface area contributed by atoms with Gasteiger partial charge >= 0.3 is 0 Å². The summed E-state index contributed by atoms with van der Waals surface area (Å²) in [7, 11) is -3.90. The molecule has 0 unspecified atom stereocenters. The molecule has 0 aliphatic heterocycles. The monoisotopic (exact) mass is 541 g/mol. The van der Waals surface area contributed by atoms with Crippen LogP contribution in [-0.4, -0.2) is 50.0 Å². The minimum atomic E-state index is -3.90. The number of carbonyl (C=O) groups is 2. The Morgan fingerprint density at radius 1 is 1.12 bits per heavy atom. The standard InChI is InChI=1S/C23H29BrFN3O4S/c1-5-16(2)26-23(30)17(3)27(14-18-8-6-9-19(24)12-18)22(29)15-28(33(4,31)32)21-11-7-10-20(25)13-21/h6-13,16-17H,5,14-15H2,1-4H3,(H,26,30)/t16-,17-/m0/s1. The number of halogens is 2. The van der Waals surface area contributed by atoms with E-state index >= 15 is 0 Å². The van der Waals surface area contributed by atoms with Crippen LogP contribution in [0.4, 0.5) is 10.1 Å². The molecule has 0 saturated carbocycles. The van der Waals surface area contributed by atoms with E-state index in [1.54, 1.807) is 6.92 Å². The molecule has 2 aromatic rings. The van der Waals surface area contributed by atoms with E-state index in [2.05, 4.69) is 21.2 Å². The van der Waals surface area contributed by atoms with Crippen LogP contribution in [0, 0.1) is 5.82 Å². The van der Waals surface area contributed by atoms with Crippen LogP contribution in [-0.2, 0) is 26.2 Å². The lowest BCUT2D eigenvalue weighted by Crippen LogP contribution is -2.52. The summed E-state index contributed by atoms with van der Waals surface area (Å²) in [5, 5.41) is 2.86. The van der Waals surface area contributed by atoms with Crippen molar-refractivity contribution >= 4 is 43.5 Å². The average molecular weight is 542 g/mol. The molecule has 2 amide bonds. The number of nitrogens with zero attached hydrogens (tertiary/aromatic N) is 2. The predicted molar refractivity (Wildman–Crippen MR) is 131 cm³/mol. The minimum absolute atomic E-state index is 0.0324. The number of anilines is 1. The molecule has 0 aliphatic carbocycles. The van der Waals surface area contributed by atoms with Crippen molar-refractivity contribution in [2.75, 3.05) is 17.1 Å². The van der Waals surface area contributed by atoms with Gasteiger partial charge in [0.1, 0.15) is 18.4 Å². The molecular weight excluding hydrogens is 513 g/mol. The number of sulfonamides is 1. The molecule has 0 radical (unpaired) electrons. The fourth-order valence-electron chi connectivity index (χ4n) is 3.13. The minimum Gasteiger partial charge on any atom is -0.352 e. The van der Waals surface area contributed by atoms with Gasteiger partial charge in [0.05, 0.1) is 11.9 Å². The van der Waals surface area contributed by atoms with E-state index in [4.69, 9.17) is 0 Å². The van der Waals surface area contributed by atoms with Gasteiger partial charge in [0.25, 0.3) is 0 Å². The Balaban J connectivity index is 2.38. The van der Waals surface area contributed by atoms with E-state index in [1.165, 1.54) is 23.1 Å². The third kappa shape index (κ3) is 7.82. The van der Waals surface area contributed by atoms with Gasteiger partial charge in [-0.15, -0.1) is 0 Å². The predicted octanol–water partition coefficient (Wildman–Crippen LogP) is 3.69. The third-order valence-corrected chi connectivity index (χ3v) is 6.82. The number of carbonyl (C=O) groups excluding carboxylic acids is 2. The van der Waals surface area contributed by atoms with Crippen molar-refractivity contribution in [3.05, 3.63) is 64.4 Å². The van der Waals surface area contributed by atoms with Gasteiger partial charge in [-0.05, 0) is 56.2 Å². The number of hydrogen-bond donors (Lipinski definition) is 1. The number of nitrogens with one attached hydrogen (secondary N) is 1. The molecule has 0 aliphatic rings. The Morgan fingerprint density at radius 3 is 2.36 bits per heavy atom. The maximum absolute atomic E-state index is 13.8. The van der Waals surface area contributed by atoms with Crippen LogP contribution in [0.15, 0.2) is 53.0 Å². The molecule has 0 aromatic heterocycles. The van der Waals surface area contributed by atoms with E-state index in [1.807, 2.05) is 38.1 Å². The topological polar surface area (TPSA) is 86.8 Å². The van der Waals surface area contributed by atoms with Crippen LogP contribution in [0.5, 0.6) is 0 Å². The molecule has 2 aromatic carbocycles. The normalized spacial score (nSPS) is 13.2. The maximum atomic E-state index is 13.8. The van der Waals surface area contributed by atoms with Crippen molar-refractivity contribution in [2.24, 2.45) is 0 Å². The lowest BCUT2D eigenvalue weighted by molar-refractivity contribution is -0.139. The first-order valence-corrected chi connectivity index (χ1v) is 13.1. The van der Waals surface area contributed by atoms with Crippen LogP contribution < -0.4 is 9.62 Å². The van der Waals surface area contributed by atoms with Crippen LogP contribution >= 0.6 is 15.9 Å². The Bertz CT molecular complexity index is 1100. The molecule has 180 valence electrons. The Hall–Kier alpha value is -2.46. The second kappa shape index (κ2) is 11.6. The first-order chi connectivity index (χ1) is 15.4. The Kier molecular flexibility index (Phi) is 9.42. The summed E-state index contributed by atoms with van der Waals surface area (Å²) in [6.45, 7) is 4.91. The Labute approximate surface area is 203 Å². The van der Waals surface area contributed by atoms with Gasteiger partial charge in [-0.25, -0.2) is 12.8 Å². The summed E-state index contributed by atoms with van der Waals surface area (Å²) >= 11 is 3.40. The number of hydrogen-bond acceptors (Lipinski definition) is 4. The molecule has 1 N–H and O–H groups in total.